The van der Waals surface area contributed by atoms with Crippen molar-refractivity contribution >= 4 is 28.5 Å². The van der Waals surface area contributed by atoms with Gasteiger partial charge >= 0.3 is 0 Å². The van der Waals surface area contributed by atoms with Gasteiger partial charge in [-0.05, 0) is 53.3 Å². The van der Waals surface area contributed by atoms with E-state index in [0.29, 0.717) is 18.0 Å². The molecule has 0 fully saturated rings. The van der Waals surface area contributed by atoms with Gasteiger partial charge in [-0.2, -0.15) is 0 Å². The second-order valence-electron chi connectivity index (χ2n) is 9.58. The molecule has 1 heterocycles. The van der Waals surface area contributed by atoms with Crippen molar-refractivity contribution in [1.29, 1.82) is 0 Å². The highest BCUT2D eigenvalue weighted by Gasteiger charge is 2.19. The molecule has 0 aliphatic carbocycles. The summed E-state index contributed by atoms with van der Waals surface area (Å²) in [5.74, 6) is 0.804. The number of rotatable bonds is 6. The largest absolute Gasteiger partial charge is 0.346 e. The minimum atomic E-state index is -0.231. The molecule has 0 radical (unpaired) electrons. The lowest BCUT2D eigenvalue weighted by Crippen LogP contribution is -2.30. The Balaban J connectivity index is 1.57. The molecule has 33 heavy (non-hydrogen) atoms. The van der Waals surface area contributed by atoms with Gasteiger partial charge in [0.1, 0.15) is 5.82 Å². The van der Waals surface area contributed by atoms with Gasteiger partial charge in [-0.3, -0.25) is 4.79 Å². The van der Waals surface area contributed by atoms with Crippen LogP contribution in [0.25, 0.3) is 11.0 Å². The highest BCUT2D eigenvalue weighted by molar-refractivity contribution is 6.30. The molecule has 4 nitrogen and oxygen atoms in total. The number of imidazole rings is 1. The van der Waals surface area contributed by atoms with Crippen molar-refractivity contribution in [3.05, 3.63) is 100 Å². The van der Waals surface area contributed by atoms with Crippen LogP contribution in [0.15, 0.2) is 72.8 Å². The number of hydrogen-bond acceptors (Lipinski definition) is 2. The van der Waals surface area contributed by atoms with Gasteiger partial charge in [-0.25, -0.2) is 4.98 Å². The molecule has 0 saturated heterocycles. The van der Waals surface area contributed by atoms with Crippen LogP contribution in [0.5, 0.6) is 0 Å². The zero-order valence-corrected chi connectivity index (χ0v) is 20.4. The lowest BCUT2D eigenvalue weighted by molar-refractivity contribution is -0.121. The minimum Gasteiger partial charge on any atom is -0.346 e. The molecule has 0 aliphatic heterocycles. The Kier molecular flexibility index (Phi) is 6.57. The van der Waals surface area contributed by atoms with Crippen LogP contribution >= 0.6 is 11.6 Å². The molecule has 0 bridgehead atoms. The first-order chi connectivity index (χ1) is 15.7. The predicted molar refractivity (Wildman–Crippen MR) is 136 cm³/mol. The van der Waals surface area contributed by atoms with Crippen LogP contribution in [-0.4, -0.2) is 15.5 Å². The van der Waals surface area contributed by atoms with Crippen LogP contribution in [0, 0.1) is 0 Å². The van der Waals surface area contributed by atoms with E-state index in [-0.39, 0.29) is 17.4 Å². The lowest BCUT2D eigenvalue weighted by Gasteiger charge is -2.20. The summed E-state index contributed by atoms with van der Waals surface area (Å²) in [7, 11) is 0. The SMILES string of the molecule is CC(NC(=O)Cc1ccc(Cl)cc1)c1nc2ccccc2n1Cc1ccc(C(C)(C)C)cc1. The first-order valence-electron chi connectivity index (χ1n) is 11.3. The summed E-state index contributed by atoms with van der Waals surface area (Å²) in [5, 5.41) is 3.78. The van der Waals surface area contributed by atoms with Crippen LogP contribution in [-0.2, 0) is 23.2 Å². The number of para-hydroxylation sites is 2. The van der Waals surface area contributed by atoms with Gasteiger partial charge in [0.05, 0.1) is 23.5 Å². The number of fused-ring (bicyclic) bond motifs is 1. The first kappa shape index (κ1) is 23.1. The topological polar surface area (TPSA) is 46.9 Å². The molecule has 1 amide bonds. The molecule has 1 atom stereocenters. The zero-order valence-electron chi connectivity index (χ0n) is 19.6. The lowest BCUT2D eigenvalue weighted by atomic mass is 9.87. The number of halogens is 1. The Morgan fingerprint density at radius 2 is 1.61 bits per heavy atom. The number of carbonyl (C=O) groups is 1. The Morgan fingerprint density at radius 1 is 0.970 bits per heavy atom. The molecular weight excluding hydrogens is 430 g/mol. The van der Waals surface area contributed by atoms with E-state index in [1.165, 1.54) is 11.1 Å². The van der Waals surface area contributed by atoms with Crippen molar-refractivity contribution in [2.24, 2.45) is 0 Å². The fraction of sp³-hybridized carbons (Fsp3) is 0.286. The highest BCUT2D eigenvalue weighted by Crippen LogP contribution is 2.25. The summed E-state index contributed by atoms with van der Waals surface area (Å²) in [4.78, 5) is 17.6. The maximum atomic E-state index is 12.7. The Labute approximate surface area is 200 Å². The van der Waals surface area contributed by atoms with Gasteiger partial charge in [0.25, 0.3) is 0 Å². The average Bonchev–Trinajstić information content (AvgIpc) is 3.14. The fourth-order valence-electron chi connectivity index (χ4n) is 4.03. The van der Waals surface area contributed by atoms with E-state index in [0.717, 1.165) is 22.4 Å². The molecule has 5 heteroatoms. The fourth-order valence-corrected chi connectivity index (χ4v) is 4.15. The van der Waals surface area contributed by atoms with Crippen molar-refractivity contribution in [2.45, 2.75) is 52.1 Å². The standard InChI is InChI=1S/C28H30ClN3O/c1-19(30-26(33)17-20-11-15-23(29)16-12-20)27-31-24-7-5-6-8-25(24)32(27)18-21-9-13-22(14-10-21)28(2,3)4/h5-16,19H,17-18H2,1-4H3,(H,30,33). The Morgan fingerprint density at radius 3 is 2.27 bits per heavy atom. The highest BCUT2D eigenvalue weighted by atomic mass is 35.5. The summed E-state index contributed by atoms with van der Waals surface area (Å²) in [6.45, 7) is 9.34. The van der Waals surface area contributed by atoms with E-state index in [2.05, 4.69) is 61.0 Å². The van der Waals surface area contributed by atoms with Crippen molar-refractivity contribution < 1.29 is 4.79 Å². The second-order valence-corrected chi connectivity index (χ2v) is 10.0. The molecule has 0 aliphatic rings. The molecule has 170 valence electrons. The smallest absolute Gasteiger partial charge is 0.224 e. The number of carbonyl (C=O) groups excluding carboxylic acids is 1. The predicted octanol–water partition coefficient (Wildman–Crippen LogP) is 6.46. The van der Waals surface area contributed by atoms with Crippen LogP contribution in [0.3, 0.4) is 0 Å². The molecule has 4 aromatic rings. The molecule has 1 N–H and O–H groups in total. The van der Waals surface area contributed by atoms with Gasteiger partial charge < -0.3 is 9.88 Å². The molecule has 4 rings (SSSR count). The van der Waals surface area contributed by atoms with Crippen molar-refractivity contribution in [1.82, 2.24) is 14.9 Å². The molecule has 3 aromatic carbocycles. The quantitative estimate of drug-likeness (QED) is 0.360. The van der Waals surface area contributed by atoms with E-state index in [1.807, 2.05) is 37.3 Å². The summed E-state index contributed by atoms with van der Waals surface area (Å²) in [6.07, 6.45) is 0.302. The number of nitrogens with one attached hydrogen (secondary N) is 1. The van der Waals surface area contributed by atoms with E-state index in [9.17, 15) is 4.79 Å². The minimum absolute atomic E-state index is 0.0436. The summed E-state index contributed by atoms with van der Waals surface area (Å²) >= 11 is 5.95. The van der Waals surface area contributed by atoms with Crippen LogP contribution in [0.1, 0.15) is 56.3 Å². The number of amides is 1. The average molecular weight is 460 g/mol. The Hall–Kier alpha value is -3.11. The van der Waals surface area contributed by atoms with E-state index >= 15 is 0 Å². The third-order valence-electron chi connectivity index (χ3n) is 5.89. The Bertz CT molecular complexity index is 1250. The molecule has 1 aromatic heterocycles. The van der Waals surface area contributed by atoms with Gasteiger partial charge in [-0.15, -0.1) is 0 Å². The van der Waals surface area contributed by atoms with Gasteiger partial charge in [0, 0.05) is 11.6 Å². The second kappa shape index (κ2) is 9.40. The van der Waals surface area contributed by atoms with E-state index in [1.54, 1.807) is 12.1 Å². The maximum absolute atomic E-state index is 12.7. The zero-order chi connectivity index (χ0) is 23.6. The number of nitrogens with zero attached hydrogens (tertiary/aromatic N) is 2. The van der Waals surface area contributed by atoms with Crippen molar-refractivity contribution in [2.75, 3.05) is 0 Å². The van der Waals surface area contributed by atoms with Gasteiger partial charge in [0.15, 0.2) is 0 Å². The first-order valence-corrected chi connectivity index (χ1v) is 11.7. The van der Waals surface area contributed by atoms with E-state index in [4.69, 9.17) is 16.6 Å². The van der Waals surface area contributed by atoms with Gasteiger partial charge in [0.2, 0.25) is 5.91 Å². The van der Waals surface area contributed by atoms with Gasteiger partial charge in [-0.1, -0.05) is 80.9 Å². The van der Waals surface area contributed by atoms with Crippen molar-refractivity contribution in [3.63, 3.8) is 0 Å². The number of hydrogen-bond donors (Lipinski definition) is 1. The summed E-state index contributed by atoms with van der Waals surface area (Å²) in [6, 6.07) is 24.0. The summed E-state index contributed by atoms with van der Waals surface area (Å²) in [5.41, 5.74) is 5.55. The van der Waals surface area contributed by atoms with E-state index < -0.39 is 0 Å². The monoisotopic (exact) mass is 459 g/mol. The normalized spacial score (nSPS) is 12.6. The number of aromatic nitrogens is 2. The van der Waals surface area contributed by atoms with Crippen LogP contribution in [0.2, 0.25) is 5.02 Å². The third kappa shape index (κ3) is 5.45. The molecule has 0 spiro atoms. The molecule has 0 saturated carbocycles. The number of benzene rings is 3. The molecular formula is C28H30ClN3O. The molecule has 1 unspecified atom stereocenters. The third-order valence-corrected chi connectivity index (χ3v) is 6.14. The van der Waals surface area contributed by atoms with Crippen LogP contribution < -0.4 is 5.32 Å². The van der Waals surface area contributed by atoms with Crippen LogP contribution in [0.4, 0.5) is 0 Å². The van der Waals surface area contributed by atoms with Crippen molar-refractivity contribution in [3.8, 4) is 0 Å². The summed E-state index contributed by atoms with van der Waals surface area (Å²) < 4.78 is 2.20. The maximum Gasteiger partial charge on any atom is 0.224 e.